The summed E-state index contributed by atoms with van der Waals surface area (Å²) in [6.07, 6.45) is 6.33. The van der Waals surface area contributed by atoms with E-state index in [0.717, 1.165) is 72.6 Å². The molecule has 4 heterocycles. The van der Waals surface area contributed by atoms with Crippen LogP contribution in [-0.2, 0) is 0 Å². The zero-order chi connectivity index (χ0) is 18.6. The fourth-order valence-electron chi connectivity index (χ4n) is 5.11. The molecule has 2 unspecified atom stereocenters. The Kier molecular flexibility index (Phi) is 3.80. The van der Waals surface area contributed by atoms with Crippen LogP contribution in [0.25, 0.3) is 22.4 Å². The average Bonchev–Trinajstić information content (AvgIpc) is 3.32. The van der Waals surface area contributed by atoms with Crippen LogP contribution < -0.4 is 11.1 Å². The number of hydrogen-bond donors (Lipinski definition) is 4. The van der Waals surface area contributed by atoms with Crippen LogP contribution in [0, 0.1) is 19.3 Å². The number of nitrogens with two attached hydrogens (primary N) is 1. The first-order valence-corrected chi connectivity index (χ1v) is 9.77. The number of H-pyrrole nitrogens is 2. The van der Waals surface area contributed by atoms with Crippen molar-refractivity contribution in [3.8, 4) is 11.3 Å². The van der Waals surface area contributed by atoms with Gasteiger partial charge in [0, 0.05) is 29.4 Å². The molecule has 2 fully saturated rings. The molecule has 0 aromatic carbocycles. The minimum Gasteiger partial charge on any atom is -0.327 e. The molecule has 1 aliphatic heterocycles. The van der Waals surface area contributed by atoms with Crippen molar-refractivity contribution in [1.82, 2.24) is 35.7 Å². The van der Waals surface area contributed by atoms with Crippen molar-refractivity contribution in [3.63, 3.8) is 0 Å². The van der Waals surface area contributed by atoms with Crippen LogP contribution in [0.1, 0.15) is 48.7 Å². The van der Waals surface area contributed by atoms with E-state index in [0.29, 0.717) is 11.6 Å². The molecule has 0 amide bonds. The number of piperidine rings is 1. The number of aromatic amines is 2. The first-order valence-electron chi connectivity index (χ1n) is 9.77. The van der Waals surface area contributed by atoms with Crippen molar-refractivity contribution in [3.05, 3.63) is 23.3 Å². The molecule has 1 saturated heterocycles. The highest BCUT2D eigenvalue weighted by molar-refractivity contribution is 5.88. The second-order valence-electron chi connectivity index (χ2n) is 8.23. The fraction of sp³-hybridized carbons (Fsp3) is 0.579. The highest BCUT2D eigenvalue weighted by Gasteiger charge is 2.46. The predicted octanol–water partition coefficient (Wildman–Crippen LogP) is 1.93. The normalized spacial score (nSPS) is 24.9. The lowest BCUT2D eigenvalue weighted by Crippen LogP contribution is -2.45. The van der Waals surface area contributed by atoms with Crippen molar-refractivity contribution in [2.24, 2.45) is 11.1 Å². The number of fused-ring (bicyclic) bond motifs is 1. The number of rotatable bonds is 2. The maximum Gasteiger partial charge on any atom is 0.200 e. The lowest BCUT2D eigenvalue weighted by Gasteiger charge is -2.37. The Morgan fingerprint density at radius 2 is 1.96 bits per heavy atom. The van der Waals surface area contributed by atoms with E-state index in [4.69, 9.17) is 15.7 Å². The maximum atomic E-state index is 6.58. The zero-order valence-corrected chi connectivity index (χ0v) is 15.8. The molecule has 27 heavy (non-hydrogen) atoms. The van der Waals surface area contributed by atoms with Gasteiger partial charge in [-0.05, 0) is 58.0 Å². The van der Waals surface area contributed by atoms with E-state index in [9.17, 15) is 0 Å². The molecule has 3 aromatic heterocycles. The predicted molar refractivity (Wildman–Crippen MR) is 103 cm³/mol. The van der Waals surface area contributed by atoms with Gasteiger partial charge in [-0.25, -0.2) is 9.97 Å². The molecule has 5 rings (SSSR count). The van der Waals surface area contributed by atoms with Crippen LogP contribution in [0.3, 0.4) is 0 Å². The van der Waals surface area contributed by atoms with Crippen LogP contribution >= 0.6 is 0 Å². The van der Waals surface area contributed by atoms with Gasteiger partial charge in [0.05, 0.1) is 17.1 Å². The number of hydrogen-bond acceptors (Lipinski definition) is 6. The lowest BCUT2D eigenvalue weighted by atomic mass is 9.74. The zero-order valence-electron chi connectivity index (χ0n) is 15.8. The molecule has 1 spiro atoms. The number of nitrogens with zero attached hydrogens (tertiary/aromatic N) is 4. The Balaban J connectivity index is 1.48. The van der Waals surface area contributed by atoms with Crippen molar-refractivity contribution >= 4 is 11.2 Å². The van der Waals surface area contributed by atoms with E-state index >= 15 is 0 Å². The highest BCUT2D eigenvalue weighted by Crippen LogP contribution is 2.50. The molecule has 0 radical (unpaired) electrons. The Hall–Kier alpha value is -2.32. The molecule has 8 heteroatoms. The number of aromatic nitrogens is 6. The van der Waals surface area contributed by atoms with Crippen LogP contribution in [0.15, 0.2) is 6.20 Å². The van der Waals surface area contributed by atoms with Crippen LogP contribution in [0.2, 0.25) is 0 Å². The summed E-state index contributed by atoms with van der Waals surface area (Å²) in [4.78, 5) is 9.58. The van der Waals surface area contributed by atoms with Gasteiger partial charge in [-0.15, -0.1) is 0 Å². The summed E-state index contributed by atoms with van der Waals surface area (Å²) in [5.74, 6) is 0.368. The topological polar surface area (TPSA) is 121 Å². The summed E-state index contributed by atoms with van der Waals surface area (Å²) < 4.78 is 0. The summed E-state index contributed by atoms with van der Waals surface area (Å²) in [6.45, 7) is 6.11. The molecular weight excluding hydrogens is 340 g/mol. The second kappa shape index (κ2) is 6.10. The standard InChI is InChI=1S/C19H26N8/c1-10-15(11(2)25-24-10)16-17-18(27-26-16)23-13(9-22-17)12-7-14(20)19(8-12)3-5-21-6-4-19/h9,12,14,21H,3-8,20H2,1-2H3,(H,24,25)(H,23,26,27). The van der Waals surface area contributed by atoms with Crippen LogP contribution in [0.4, 0.5) is 0 Å². The first-order chi connectivity index (χ1) is 13.1. The third kappa shape index (κ3) is 2.58. The average molecular weight is 366 g/mol. The van der Waals surface area contributed by atoms with E-state index in [2.05, 4.69) is 25.7 Å². The molecule has 2 aliphatic rings. The van der Waals surface area contributed by atoms with Gasteiger partial charge >= 0.3 is 0 Å². The van der Waals surface area contributed by atoms with Gasteiger partial charge < -0.3 is 11.1 Å². The van der Waals surface area contributed by atoms with Crippen molar-refractivity contribution in [2.75, 3.05) is 13.1 Å². The monoisotopic (exact) mass is 366 g/mol. The van der Waals surface area contributed by atoms with Crippen molar-refractivity contribution < 1.29 is 0 Å². The summed E-state index contributed by atoms with van der Waals surface area (Å²) in [5.41, 5.74) is 13.2. The largest absolute Gasteiger partial charge is 0.327 e. The van der Waals surface area contributed by atoms with E-state index in [1.807, 2.05) is 20.0 Å². The van der Waals surface area contributed by atoms with Gasteiger partial charge in [0.15, 0.2) is 0 Å². The third-order valence-electron chi connectivity index (χ3n) is 6.66. The Morgan fingerprint density at radius 3 is 2.70 bits per heavy atom. The number of aryl methyl sites for hydroxylation is 2. The van der Waals surface area contributed by atoms with E-state index < -0.39 is 0 Å². The van der Waals surface area contributed by atoms with E-state index in [-0.39, 0.29) is 11.5 Å². The smallest absolute Gasteiger partial charge is 0.200 e. The molecule has 5 N–H and O–H groups in total. The van der Waals surface area contributed by atoms with E-state index in [1.165, 1.54) is 0 Å². The van der Waals surface area contributed by atoms with Gasteiger partial charge in [-0.2, -0.15) is 10.2 Å². The van der Waals surface area contributed by atoms with Gasteiger partial charge in [0.25, 0.3) is 0 Å². The van der Waals surface area contributed by atoms with Crippen LogP contribution in [0.5, 0.6) is 0 Å². The van der Waals surface area contributed by atoms with E-state index in [1.54, 1.807) is 0 Å². The van der Waals surface area contributed by atoms with Gasteiger partial charge in [-0.1, -0.05) is 0 Å². The first kappa shape index (κ1) is 16.8. The Bertz CT molecular complexity index is 961. The molecule has 3 aromatic rings. The Morgan fingerprint density at radius 1 is 1.15 bits per heavy atom. The molecule has 142 valence electrons. The minimum absolute atomic E-state index is 0.244. The number of nitrogens with one attached hydrogen (secondary N) is 3. The van der Waals surface area contributed by atoms with Gasteiger partial charge in [0.1, 0.15) is 5.52 Å². The summed E-state index contributed by atoms with van der Waals surface area (Å²) in [5, 5.41) is 18.3. The highest BCUT2D eigenvalue weighted by atomic mass is 15.2. The molecule has 2 atom stereocenters. The molecule has 8 nitrogen and oxygen atoms in total. The minimum atomic E-state index is 0.244. The lowest BCUT2D eigenvalue weighted by molar-refractivity contribution is 0.181. The SMILES string of the molecule is Cc1n[nH]c(C)c1-c1[nH]nc2nc(C3CC(N)C4(CCNCC4)C3)cnc12. The fourth-order valence-corrected chi connectivity index (χ4v) is 5.11. The molecular formula is C19H26N8. The van der Waals surface area contributed by atoms with Gasteiger partial charge in [0.2, 0.25) is 5.65 Å². The second-order valence-corrected chi connectivity index (χ2v) is 8.23. The summed E-state index contributed by atoms with van der Waals surface area (Å²) in [7, 11) is 0. The van der Waals surface area contributed by atoms with Crippen molar-refractivity contribution in [1.29, 1.82) is 0 Å². The van der Waals surface area contributed by atoms with Crippen molar-refractivity contribution in [2.45, 2.75) is 51.5 Å². The summed E-state index contributed by atoms with van der Waals surface area (Å²) in [6, 6.07) is 0.244. The maximum absolute atomic E-state index is 6.58. The molecule has 0 bridgehead atoms. The molecule has 1 saturated carbocycles. The Labute approximate surface area is 157 Å². The van der Waals surface area contributed by atoms with Gasteiger partial charge in [-0.3, -0.25) is 10.2 Å². The third-order valence-corrected chi connectivity index (χ3v) is 6.66. The summed E-state index contributed by atoms with van der Waals surface area (Å²) >= 11 is 0. The molecule has 1 aliphatic carbocycles. The van der Waals surface area contributed by atoms with Crippen LogP contribution in [-0.4, -0.2) is 49.5 Å². The quantitative estimate of drug-likeness (QED) is 0.550.